The molecule has 0 unspecified atom stereocenters. The van der Waals surface area contributed by atoms with Crippen molar-refractivity contribution in [2.75, 3.05) is 19.7 Å². The molecule has 18 heavy (non-hydrogen) atoms. The Morgan fingerprint density at radius 3 is 3.06 bits per heavy atom. The highest BCUT2D eigenvalue weighted by molar-refractivity contribution is 5.36. The molecule has 0 saturated carbocycles. The number of ether oxygens (including phenoxy) is 1. The third-order valence-electron chi connectivity index (χ3n) is 3.35. The van der Waals surface area contributed by atoms with Crippen LogP contribution in [0.3, 0.4) is 0 Å². The number of hydrogen-bond donors (Lipinski definition) is 1. The first kappa shape index (κ1) is 11.6. The average molecular weight is 246 g/mol. The third-order valence-corrected chi connectivity index (χ3v) is 3.35. The van der Waals surface area contributed by atoms with Crippen molar-refractivity contribution in [3.63, 3.8) is 0 Å². The van der Waals surface area contributed by atoms with Gasteiger partial charge < -0.3 is 10.1 Å². The zero-order valence-electron chi connectivity index (χ0n) is 10.4. The van der Waals surface area contributed by atoms with E-state index in [1.165, 1.54) is 0 Å². The number of hydrogen-bond acceptors (Lipinski definition) is 4. The minimum Gasteiger partial charge on any atom is -0.378 e. The van der Waals surface area contributed by atoms with Gasteiger partial charge in [0.05, 0.1) is 12.7 Å². The lowest BCUT2D eigenvalue weighted by atomic mass is 10.1. The predicted molar refractivity (Wildman–Crippen MR) is 68.5 cm³/mol. The molecule has 3 rings (SSSR count). The summed E-state index contributed by atoms with van der Waals surface area (Å²) in [6, 6.07) is 5.93. The predicted octanol–water partition coefficient (Wildman–Crippen LogP) is 1.04. The van der Waals surface area contributed by atoms with Crippen LogP contribution in [0.15, 0.2) is 24.4 Å². The number of rotatable bonds is 4. The number of piperidine rings is 1. The topological polar surface area (TPSA) is 51.5 Å². The highest BCUT2D eigenvalue weighted by Gasteiger charge is 2.13. The fraction of sp³-hybridized carbons (Fsp3) is 0.538. The molecule has 1 aliphatic rings. The van der Waals surface area contributed by atoms with Crippen LogP contribution in [0, 0.1) is 0 Å². The van der Waals surface area contributed by atoms with Gasteiger partial charge in [-0.3, -0.25) is 4.40 Å². The Hall–Kier alpha value is -1.46. The molecule has 96 valence electrons. The first-order chi connectivity index (χ1) is 8.93. The van der Waals surface area contributed by atoms with Gasteiger partial charge in [0.25, 0.3) is 0 Å². The van der Waals surface area contributed by atoms with Gasteiger partial charge in [-0.15, -0.1) is 10.2 Å². The van der Waals surface area contributed by atoms with Crippen molar-refractivity contribution in [2.24, 2.45) is 0 Å². The van der Waals surface area contributed by atoms with E-state index in [-0.39, 0.29) is 0 Å². The lowest BCUT2D eigenvalue weighted by Crippen LogP contribution is -2.32. The van der Waals surface area contributed by atoms with Gasteiger partial charge >= 0.3 is 0 Å². The van der Waals surface area contributed by atoms with Gasteiger partial charge in [0.15, 0.2) is 5.65 Å². The number of pyridine rings is 1. The molecule has 3 heterocycles. The van der Waals surface area contributed by atoms with Crippen molar-refractivity contribution in [3.05, 3.63) is 30.2 Å². The van der Waals surface area contributed by atoms with E-state index in [0.29, 0.717) is 6.10 Å². The highest BCUT2D eigenvalue weighted by atomic mass is 16.5. The molecule has 0 atom stereocenters. The molecular weight excluding hydrogens is 228 g/mol. The normalized spacial score (nSPS) is 17.3. The van der Waals surface area contributed by atoms with E-state index < -0.39 is 0 Å². The first-order valence-electron chi connectivity index (χ1n) is 6.54. The molecule has 1 N–H and O–H groups in total. The molecule has 2 aromatic heterocycles. The quantitative estimate of drug-likeness (QED) is 0.875. The Labute approximate surface area is 106 Å². The summed E-state index contributed by atoms with van der Waals surface area (Å²) in [5.41, 5.74) is 0.898. The van der Waals surface area contributed by atoms with Crippen LogP contribution in [-0.2, 0) is 11.2 Å². The number of aromatic nitrogens is 3. The van der Waals surface area contributed by atoms with Gasteiger partial charge in [-0.2, -0.15) is 0 Å². The zero-order valence-corrected chi connectivity index (χ0v) is 10.4. The maximum atomic E-state index is 5.88. The summed E-state index contributed by atoms with van der Waals surface area (Å²) < 4.78 is 7.90. The van der Waals surface area contributed by atoms with Gasteiger partial charge in [-0.05, 0) is 38.1 Å². The molecule has 5 nitrogen and oxygen atoms in total. The third kappa shape index (κ3) is 2.52. The molecule has 1 aliphatic heterocycles. The maximum absolute atomic E-state index is 5.88. The molecule has 0 bridgehead atoms. The molecule has 1 saturated heterocycles. The van der Waals surface area contributed by atoms with Gasteiger partial charge in [-0.1, -0.05) is 6.07 Å². The van der Waals surface area contributed by atoms with Crippen LogP contribution in [-0.4, -0.2) is 40.4 Å². The average Bonchev–Trinajstić information content (AvgIpc) is 2.84. The van der Waals surface area contributed by atoms with Crippen LogP contribution in [0.2, 0.25) is 0 Å². The van der Waals surface area contributed by atoms with Crippen molar-refractivity contribution in [1.82, 2.24) is 19.9 Å². The summed E-state index contributed by atoms with van der Waals surface area (Å²) in [5.74, 6) is 0.972. The van der Waals surface area contributed by atoms with Crippen LogP contribution in [0.1, 0.15) is 18.7 Å². The molecule has 0 amide bonds. The van der Waals surface area contributed by atoms with E-state index in [2.05, 4.69) is 15.5 Å². The van der Waals surface area contributed by atoms with E-state index in [4.69, 9.17) is 4.74 Å². The highest BCUT2D eigenvalue weighted by Crippen LogP contribution is 2.09. The smallest absolute Gasteiger partial charge is 0.160 e. The summed E-state index contributed by atoms with van der Waals surface area (Å²) in [4.78, 5) is 0. The Balaban J connectivity index is 1.56. The Bertz CT molecular complexity index is 504. The van der Waals surface area contributed by atoms with E-state index in [9.17, 15) is 0 Å². The van der Waals surface area contributed by atoms with Crippen molar-refractivity contribution < 1.29 is 4.74 Å². The van der Waals surface area contributed by atoms with Crippen molar-refractivity contribution in [3.8, 4) is 0 Å². The van der Waals surface area contributed by atoms with Crippen molar-refractivity contribution >= 4 is 5.65 Å². The number of nitrogens with one attached hydrogen (secondary N) is 1. The summed E-state index contributed by atoms with van der Waals surface area (Å²) in [5, 5.41) is 11.7. The molecule has 0 aliphatic carbocycles. The summed E-state index contributed by atoms with van der Waals surface area (Å²) >= 11 is 0. The minimum absolute atomic E-state index is 0.408. The van der Waals surface area contributed by atoms with Gasteiger partial charge in [-0.25, -0.2) is 0 Å². The molecule has 2 aromatic rings. The molecular formula is C13H18N4O. The Morgan fingerprint density at radius 1 is 1.28 bits per heavy atom. The van der Waals surface area contributed by atoms with Crippen LogP contribution >= 0.6 is 0 Å². The second-order valence-corrected chi connectivity index (χ2v) is 4.62. The second kappa shape index (κ2) is 5.46. The standard InChI is InChI=1S/C13H18N4O/c1-2-9-17-12(3-1)15-16-13(17)6-10-18-11-4-7-14-8-5-11/h1-3,9,11,14H,4-8,10H2. The summed E-state index contributed by atoms with van der Waals surface area (Å²) in [6.45, 7) is 2.86. The largest absolute Gasteiger partial charge is 0.378 e. The molecule has 0 spiro atoms. The van der Waals surface area contributed by atoms with E-state index in [0.717, 1.165) is 50.4 Å². The van der Waals surface area contributed by atoms with E-state index >= 15 is 0 Å². The summed E-state index contributed by atoms with van der Waals surface area (Å²) in [6.07, 6.45) is 5.44. The number of nitrogens with zero attached hydrogens (tertiary/aromatic N) is 3. The van der Waals surface area contributed by atoms with E-state index in [1.54, 1.807) is 0 Å². The van der Waals surface area contributed by atoms with Crippen molar-refractivity contribution in [2.45, 2.75) is 25.4 Å². The van der Waals surface area contributed by atoms with Crippen LogP contribution in [0.4, 0.5) is 0 Å². The van der Waals surface area contributed by atoms with Gasteiger partial charge in [0.2, 0.25) is 0 Å². The molecule has 0 aromatic carbocycles. The SMILES string of the molecule is c1ccn2c(CCOC3CCNCC3)nnc2c1. The maximum Gasteiger partial charge on any atom is 0.160 e. The van der Waals surface area contributed by atoms with Gasteiger partial charge in [0.1, 0.15) is 5.82 Å². The van der Waals surface area contributed by atoms with Crippen LogP contribution in [0.25, 0.3) is 5.65 Å². The second-order valence-electron chi connectivity index (χ2n) is 4.62. The number of fused-ring (bicyclic) bond motifs is 1. The van der Waals surface area contributed by atoms with Crippen molar-refractivity contribution in [1.29, 1.82) is 0 Å². The molecule has 5 heteroatoms. The van der Waals surface area contributed by atoms with Crippen LogP contribution in [0.5, 0.6) is 0 Å². The Morgan fingerprint density at radius 2 is 2.17 bits per heavy atom. The lowest BCUT2D eigenvalue weighted by molar-refractivity contribution is 0.0341. The fourth-order valence-corrected chi connectivity index (χ4v) is 2.34. The zero-order chi connectivity index (χ0) is 12.2. The fourth-order valence-electron chi connectivity index (χ4n) is 2.34. The molecule has 0 radical (unpaired) electrons. The lowest BCUT2D eigenvalue weighted by Gasteiger charge is -2.22. The monoisotopic (exact) mass is 246 g/mol. The van der Waals surface area contributed by atoms with E-state index in [1.807, 2.05) is 28.8 Å². The van der Waals surface area contributed by atoms with Gasteiger partial charge in [0, 0.05) is 12.6 Å². The summed E-state index contributed by atoms with van der Waals surface area (Å²) in [7, 11) is 0. The Kier molecular flexibility index (Phi) is 3.52. The molecule has 1 fully saturated rings. The van der Waals surface area contributed by atoms with Crippen LogP contribution < -0.4 is 5.32 Å². The first-order valence-corrected chi connectivity index (χ1v) is 6.54. The minimum atomic E-state index is 0.408.